The van der Waals surface area contributed by atoms with Gasteiger partial charge in [-0.25, -0.2) is 0 Å². The van der Waals surface area contributed by atoms with Crippen molar-refractivity contribution in [2.24, 2.45) is 5.92 Å². The van der Waals surface area contributed by atoms with Gasteiger partial charge in [-0.05, 0) is 19.4 Å². The van der Waals surface area contributed by atoms with E-state index in [2.05, 4.69) is 49.5 Å². The van der Waals surface area contributed by atoms with E-state index in [-0.39, 0.29) is 0 Å². The van der Waals surface area contributed by atoms with Crippen LogP contribution >= 0.6 is 0 Å². The van der Waals surface area contributed by atoms with E-state index in [1.165, 1.54) is 5.56 Å². The minimum absolute atomic E-state index is 0.338. The van der Waals surface area contributed by atoms with E-state index < -0.39 is 0 Å². The van der Waals surface area contributed by atoms with E-state index in [1.807, 2.05) is 13.8 Å². The van der Waals surface area contributed by atoms with Crippen molar-refractivity contribution < 1.29 is 4.74 Å². The molecule has 3 atom stereocenters. The van der Waals surface area contributed by atoms with Gasteiger partial charge in [0.15, 0.2) is 0 Å². The average molecular weight is 249 g/mol. The number of hydrogen-bond donors (Lipinski definition) is 1. The second-order valence-electron chi connectivity index (χ2n) is 4.50. The lowest BCUT2D eigenvalue weighted by Crippen LogP contribution is -2.26. The summed E-state index contributed by atoms with van der Waals surface area (Å²) in [6.45, 7) is 11.2. The molecule has 1 saturated heterocycles. The molecule has 0 bridgehead atoms. The van der Waals surface area contributed by atoms with Crippen molar-refractivity contribution in [2.75, 3.05) is 19.7 Å². The molecular formula is C16H27NO. The average Bonchev–Trinajstić information content (AvgIpc) is 2.92. The van der Waals surface area contributed by atoms with Gasteiger partial charge in [0.05, 0.1) is 6.10 Å². The summed E-state index contributed by atoms with van der Waals surface area (Å²) in [5.41, 5.74) is 1.43. The van der Waals surface area contributed by atoms with Gasteiger partial charge >= 0.3 is 0 Å². The molecule has 0 aliphatic carbocycles. The first-order valence-corrected chi connectivity index (χ1v) is 7.20. The quantitative estimate of drug-likeness (QED) is 0.882. The molecule has 1 aliphatic rings. The smallest absolute Gasteiger partial charge is 0.0593 e. The van der Waals surface area contributed by atoms with E-state index in [0.717, 1.165) is 19.7 Å². The molecule has 0 unspecified atom stereocenters. The Kier molecular flexibility index (Phi) is 6.99. The summed E-state index contributed by atoms with van der Waals surface area (Å²) >= 11 is 0. The molecule has 1 fully saturated rings. The lowest BCUT2D eigenvalue weighted by Gasteiger charge is -2.25. The fraction of sp³-hybridized carbons (Fsp3) is 0.625. The molecule has 2 nitrogen and oxygen atoms in total. The maximum absolute atomic E-state index is 5.74. The van der Waals surface area contributed by atoms with Crippen molar-refractivity contribution in [3.8, 4) is 0 Å². The molecular weight excluding hydrogens is 222 g/mol. The van der Waals surface area contributed by atoms with Crippen molar-refractivity contribution in [3.05, 3.63) is 35.9 Å². The zero-order valence-electron chi connectivity index (χ0n) is 12.1. The third kappa shape index (κ3) is 3.82. The molecule has 0 radical (unpaired) electrons. The lowest BCUT2D eigenvalue weighted by molar-refractivity contribution is 0.0341. The van der Waals surface area contributed by atoms with E-state index >= 15 is 0 Å². The topological polar surface area (TPSA) is 21.3 Å². The predicted molar refractivity (Wildman–Crippen MR) is 78.0 cm³/mol. The van der Waals surface area contributed by atoms with Crippen LogP contribution in [0.3, 0.4) is 0 Å². The Morgan fingerprint density at radius 2 is 1.89 bits per heavy atom. The molecule has 18 heavy (non-hydrogen) atoms. The molecule has 2 heteroatoms. The van der Waals surface area contributed by atoms with Gasteiger partial charge < -0.3 is 10.1 Å². The first kappa shape index (κ1) is 15.2. The maximum Gasteiger partial charge on any atom is 0.0593 e. The van der Waals surface area contributed by atoms with Crippen molar-refractivity contribution in [3.63, 3.8) is 0 Å². The van der Waals surface area contributed by atoms with Crippen molar-refractivity contribution in [1.29, 1.82) is 0 Å². The zero-order chi connectivity index (χ0) is 13.4. The van der Waals surface area contributed by atoms with E-state index in [1.54, 1.807) is 0 Å². The van der Waals surface area contributed by atoms with Crippen molar-refractivity contribution in [1.82, 2.24) is 5.32 Å². The molecule has 0 aromatic heterocycles. The second kappa shape index (κ2) is 8.28. The Balaban J connectivity index is 0.000000771. The molecule has 102 valence electrons. The summed E-state index contributed by atoms with van der Waals surface area (Å²) in [5.74, 6) is 1.20. The van der Waals surface area contributed by atoms with Gasteiger partial charge in [0.25, 0.3) is 0 Å². The van der Waals surface area contributed by atoms with Crippen LogP contribution in [0.4, 0.5) is 0 Å². The highest BCUT2D eigenvalue weighted by atomic mass is 16.5. The van der Waals surface area contributed by atoms with Crippen molar-refractivity contribution >= 4 is 0 Å². The highest BCUT2D eigenvalue weighted by molar-refractivity contribution is 5.22. The SMILES string of the molecule is CC.CCO[C@H](C)[C@@H]1CNC[C@H]1c1ccccc1. The lowest BCUT2D eigenvalue weighted by atomic mass is 9.86. The molecule has 1 aliphatic heterocycles. The Morgan fingerprint density at radius 1 is 1.22 bits per heavy atom. The second-order valence-corrected chi connectivity index (χ2v) is 4.50. The van der Waals surface area contributed by atoms with Crippen LogP contribution in [0.15, 0.2) is 30.3 Å². The van der Waals surface area contributed by atoms with Crippen LogP contribution in [0, 0.1) is 5.92 Å². The maximum atomic E-state index is 5.74. The van der Waals surface area contributed by atoms with Gasteiger partial charge in [0.1, 0.15) is 0 Å². The Morgan fingerprint density at radius 3 is 2.50 bits per heavy atom. The summed E-state index contributed by atoms with van der Waals surface area (Å²) in [5, 5.41) is 3.48. The normalized spacial score (nSPS) is 24.2. The highest BCUT2D eigenvalue weighted by Gasteiger charge is 2.32. The Hall–Kier alpha value is -0.860. The number of ether oxygens (including phenoxy) is 1. The summed E-state index contributed by atoms with van der Waals surface area (Å²) in [6.07, 6.45) is 0.338. The molecule has 1 aromatic carbocycles. The van der Waals surface area contributed by atoms with Crippen LogP contribution in [0.2, 0.25) is 0 Å². The van der Waals surface area contributed by atoms with Gasteiger partial charge in [0.2, 0.25) is 0 Å². The number of hydrogen-bond acceptors (Lipinski definition) is 2. The van der Waals surface area contributed by atoms with Crippen LogP contribution in [-0.2, 0) is 4.74 Å². The van der Waals surface area contributed by atoms with Crippen LogP contribution in [0.25, 0.3) is 0 Å². The van der Waals surface area contributed by atoms with Crippen LogP contribution in [0.1, 0.15) is 39.2 Å². The summed E-state index contributed by atoms with van der Waals surface area (Å²) < 4.78 is 5.74. The molecule has 1 heterocycles. The monoisotopic (exact) mass is 249 g/mol. The molecule has 1 aromatic rings. The molecule has 2 rings (SSSR count). The number of nitrogens with one attached hydrogen (secondary N) is 1. The van der Waals surface area contributed by atoms with Gasteiger partial charge in [-0.3, -0.25) is 0 Å². The van der Waals surface area contributed by atoms with Crippen molar-refractivity contribution in [2.45, 2.75) is 39.7 Å². The Labute approximate surface area is 112 Å². The van der Waals surface area contributed by atoms with E-state index in [9.17, 15) is 0 Å². The summed E-state index contributed by atoms with van der Waals surface area (Å²) in [7, 11) is 0. The number of benzene rings is 1. The number of rotatable bonds is 4. The van der Waals surface area contributed by atoms with Crippen LogP contribution in [-0.4, -0.2) is 25.8 Å². The first-order chi connectivity index (χ1) is 8.83. The highest BCUT2D eigenvalue weighted by Crippen LogP contribution is 2.31. The van der Waals surface area contributed by atoms with Gasteiger partial charge in [-0.2, -0.15) is 0 Å². The first-order valence-electron chi connectivity index (χ1n) is 7.20. The standard InChI is InChI=1S/C14H21NO.C2H6/c1-3-16-11(2)13-9-15-10-14(13)12-7-5-4-6-8-12;1-2/h4-8,11,13-15H,3,9-10H2,1-2H3;1-2H3/t11-,13+,14+;/m1./s1. The predicted octanol–water partition coefficient (Wildman–Crippen LogP) is 3.44. The summed E-state index contributed by atoms with van der Waals surface area (Å²) in [6, 6.07) is 10.8. The minimum Gasteiger partial charge on any atom is -0.378 e. The fourth-order valence-corrected chi connectivity index (χ4v) is 2.64. The zero-order valence-corrected chi connectivity index (χ0v) is 12.1. The summed E-state index contributed by atoms with van der Waals surface area (Å²) in [4.78, 5) is 0. The molecule has 0 amide bonds. The van der Waals surface area contributed by atoms with Gasteiger partial charge in [-0.15, -0.1) is 0 Å². The van der Waals surface area contributed by atoms with Crippen LogP contribution in [0.5, 0.6) is 0 Å². The van der Waals surface area contributed by atoms with Gasteiger partial charge in [-0.1, -0.05) is 44.2 Å². The largest absolute Gasteiger partial charge is 0.378 e. The molecule has 0 saturated carbocycles. The third-order valence-corrected chi connectivity index (χ3v) is 3.52. The molecule has 1 N–H and O–H groups in total. The van der Waals surface area contributed by atoms with E-state index in [0.29, 0.717) is 17.9 Å². The Bertz CT molecular complexity index is 312. The fourth-order valence-electron chi connectivity index (χ4n) is 2.64. The molecule has 0 spiro atoms. The third-order valence-electron chi connectivity index (χ3n) is 3.52. The van der Waals surface area contributed by atoms with Crippen LogP contribution < -0.4 is 5.32 Å². The van der Waals surface area contributed by atoms with Gasteiger partial charge in [0, 0.05) is 31.5 Å². The van der Waals surface area contributed by atoms with E-state index in [4.69, 9.17) is 4.74 Å². The minimum atomic E-state index is 0.338.